The van der Waals surface area contributed by atoms with E-state index < -0.39 is 4.92 Å². The van der Waals surface area contributed by atoms with Crippen LogP contribution in [0, 0.1) is 10.1 Å². The Morgan fingerprint density at radius 2 is 2.23 bits per heavy atom. The summed E-state index contributed by atoms with van der Waals surface area (Å²) in [7, 11) is 0. The topological polar surface area (TPSA) is 73.8 Å². The summed E-state index contributed by atoms with van der Waals surface area (Å²) in [6.45, 7) is 0.382. The van der Waals surface area contributed by atoms with Crippen molar-refractivity contribution in [3.05, 3.63) is 57.6 Å². The monoisotopic (exact) mass is 334 g/mol. The second-order valence-corrected chi connectivity index (χ2v) is 5.90. The number of nitro groups is 1. The fourth-order valence-electron chi connectivity index (χ4n) is 2.13. The largest absolute Gasteiger partial charge is 0.381 e. The molecule has 0 saturated carbocycles. The van der Waals surface area contributed by atoms with Crippen molar-refractivity contribution in [3.8, 4) is 0 Å². The van der Waals surface area contributed by atoms with E-state index in [1.807, 2.05) is 30.5 Å². The van der Waals surface area contributed by atoms with Gasteiger partial charge in [-0.3, -0.25) is 0 Å². The predicted molar refractivity (Wildman–Crippen MR) is 86.5 cm³/mol. The summed E-state index contributed by atoms with van der Waals surface area (Å²) in [5.74, 6) is -0.186. The first kappa shape index (κ1) is 14.8. The number of thioether (sulfide) groups is 1. The van der Waals surface area contributed by atoms with Crippen molar-refractivity contribution < 1.29 is 4.92 Å². The molecule has 0 saturated heterocycles. The van der Waals surface area contributed by atoms with Gasteiger partial charge in [-0.15, -0.1) is 11.8 Å². The van der Waals surface area contributed by atoms with E-state index in [4.69, 9.17) is 11.6 Å². The van der Waals surface area contributed by atoms with Crippen LogP contribution < -0.4 is 0 Å². The van der Waals surface area contributed by atoms with E-state index in [0.717, 1.165) is 21.4 Å². The number of pyridine rings is 1. The molecule has 0 N–H and O–H groups in total. The highest BCUT2D eigenvalue weighted by molar-refractivity contribution is 7.98. The van der Waals surface area contributed by atoms with E-state index in [1.54, 1.807) is 16.3 Å². The molecule has 2 heterocycles. The first-order valence-corrected chi connectivity index (χ1v) is 7.96. The maximum atomic E-state index is 10.7. The third kappa shape index (κ3) is 2.90. The van der Waals surface area contributed by atoms with Crippen molar-refractivity contribution >= 4 is 40.1 Å². The van der Waals surface area contributed by atoms with E-state index >= 15 is 0 Å². The van der Waals surface area contributed by atoms with Crippen molar-refractivity contribution in [2.75, 3.05) is 6.26 Å². The van der Waals surface area contributed by atoms with Crippen LogP contribution >= 0.6 is 23.4 Å². The van der Waals surface area contributed by atoms with Crippen LogP contribution in [0.3, 0.4) is 0 Å². The molecule has 0 aliphatic rings. The molecular formula is C14H11ClN4O2S. The van der Waals surface area contributed by atoms with Gasteiger partial charge in [-0.1, -0.05) is 17.7 Å². The SMILES string of the molecule is CSc1ccc2cc(Cn3cnc([N+](=O)[O-])c3)c(Cl)nc2c1. The lowest BCUT2D eigenvalue weighted by atomic mass is 10.1. The minimum absolute atomic E-state index is 0.186. The highest BCUT2D eigenvalue weighted by Crippen LogP contribution is 2.25. The van der Waals surface area contributed by atoms with Crippen LogP contribution in [0.25, 0.3) is 10.9 Å². The molecule has 3 rings (SSSR count). The van der Waals surface area contributed by atoms with E-state index in [1.165, 1.54) is 12.5 Å². The van der Waals surface area contributed by atoms with Crippen LogP contribution in [-0.4, -0.2) is 25.7 Å². The van der Waals surface area contributed by atoms with Gasteiger partial charge in [0.1, 0.15) is 11.3 Å². The number of fused-ring (bicyclic) bond motifs is 1. The molecule has 0 fully saturated rings. The van der Waals surface area contributed by atoms with Crippen LogP contribution in [0.2, 0.25) is 5.15 Å². The average Bonchev–Trinajstić information content (AvgIpc) is 2.96. The molecule has 0 unspecified atom stereocenters. The Morgan fingerprint density at radius 3 is 2.91 bits per heavy atom. The second kappa shape index (κ2) is 5.94. The van der Waals surface area contributed by atoms with Crippen molar-refractivity contribution in [1.29, 1.82) is 0 Å². The van der Waals surface area contributed by atoms with Gasteiger partial charge in [-0.25, -0.2) is 4.98 Å². The Labute approximate surface area is 135 Å². The molecule has 0 amide bonds. The quantitative estimate of drug-likeness (QED) is 0.314. The number of imidazole rings is 1. The van der Waals surface area contributed by atoms with Crippen LogP contribution in [0.15, 0.2) is 41.7 Å². The maximum absolute atomic E-state index is 10.7. The molecule has 1 aromatic carbocycles. The summed E-state index contributed by atoms with van der Waals surface area (Å²) < 4.78 is 1.61. The van der Waals surface area contributed by atoms with E-state index in [2.05, 4.69) is 9.97 Å². The Bertz CT molecular complexity index is 865. The van der Waals surface area contributed by atoms with Gasteiger partial charge in [0.2, 0.25) is 6.33 Å². The average molecular weight is 335 g/mol. The zero-order chi connectivity index (χ0) is 15.7. The number of aromatic nitrogens is 3. The number of benzene rings is 1. The van der Waals surface area contributed by atoms with Gasteiger partial charge in [0.25, 0.3) is 0 Å². The van der Waals surface area contributed by atoms with Crippen LogP contribution in [0.4, 0.5) is 5.82 Å². The lowest BCUT2D eigenvalue weighted by Gasteiger charge is -2.07. The smallest absolute Gasteiger partial charge is 0.358 e. The van der Waals surface area contributed by atoms with Crippen LogP contribution in [0.1, 0.15) is 5.56 Å². The van der Waals surface area contributed by atoms with E-state index in [-0.39, 0.29) is 5.82 Å². The van der Waals surface area contributed by atoms with Crippen molar-refractivity contribution in [3.63, 3.8) is 0 Å². The Kier molecular flexibility index (Phi) is 4.00. The molecule has 6 nitrogen and oxygen atoms in total. The Hall–Kier alpha value is -2.12. The lowest BCUT2D eigenvalue weighted by molar-refractivity contribution is -0.389. The second-order valence-electron chi connectivity index (χ2n) is 4.66. The summed E-state index contributed by atoms with van der Waals surface area (Å²) in [5, 5.41) is 12.0. The van der Waals surface area contributed by atoms with Crippen LogP contribution in [0.5, 0.6) is 0 Å². The molecule has 0 aliphatic carbocycles. The molecule has 0 aliphatic heterocycles. The Balaban J connectivity index is 1.96. The van der Waals surface area contributed by atoms with Gasteiger partial charge >= 0.3 is 5.82 Å². The molecule has 22 heavy (non-hydrogen) atoms. The summed E-state index contributed by atoms with van der Waals surface area (Å²) in [4.78, 5) is 19.4. The van der Waals surface area contributed by atoms with Gasteiger partial charge in [-0.05, 0) is 34.4 Å². The van der Waals surface area contributed by atoms with Gasteiger partial charge in [0.05, 0.1) is 12.1 Å². The normalized spacial score (nSPS) is 11.0. The molecule has 0 radical (unpaired) electrons. The number of hydrogen-bond acceptors (Lipinski definition) is 5. The first-order chi connectivity index (χ1) is 10.6. The van der Waals surface area contributed by atoms with Crippen molar-refractivity contribution in [2.24, 2.45) is 0 Å². The van der Waals surface area contributed by atoms with Crippen molar-refractivity contribution in [2.45, 2.75) is 11.4 Å². The van der Waals surface area contributed by atoms with Crippen LogP contribution in [-0.2, 0) is 6.54 Å². The minimum atomic E-state index is -0.527. The number of halogens is 1. The summed E-state index contributed by atoms with van der Waals surface area (Å²) in [6, 6.07) is 7.94. The summed E-state index contributed by atoms with van der Waals surface area (Å²) in [5.41, 5.74) is 1.62. The molecule has 0 atom stereocenters. The van der Waals surface area contributed by atoms with Crippen molar-refractivity contribution in [1.82, 2.24) is 14.5 Å². The molecule has 2 aromatic heterocycles. The predicted octanol–water partition coefficient (Wildman–Crippen LogP) is 3.76. The first-order valence-electron chi connectivity index (χ1n) is 6.36. The highest BCUT2D eigenvalue weighted by atomic mass is 35.5. The lowest BCUT2D eigenvalue weighted by Crippen LogP contribution is -1.99. The number of hydrogen-bond donors (Lipinski definition) is 0. The van der Waals surface area contributed by atoms with Gasteiger partial charge in [0.15, 0.2) is 0 Å². The third-order valence-corrected chi connectivity index (χ3v) is 4.26. The minimum Gasteiger partial charge on any atom is -0.358 e. The van der Waals surface area contributed by atoms with Gasteiger partial charge in [0, 0.05) is 15.8 Å². The fraction of sp³-hybridized carbons (Fsp3) is 0.143. The summed E-state index contributed by atoms with van der Waals surface area (Å²) in [6.07, 6.45) is 4.79. The molecule has 0 bridgehead atoms. The van der Waals surface area contributed by atoms with Gasteiger partial charge in [-0.2, -0.15) is 0 Å². The van der Waals surface area contributed by atoms with E-state index in [0.29, 0.717) is 11.7 Å². The standard InChI is InChI=1S/C14H11ClN4O2S/c1-22-11-3-2-9-4-10(14(15)17-12(9)5-11)6-18-7-13(16-8-18)19(20)21/h2-5,7-8H,6H2,1H3. The number of nitrogens with zero attached hydrogens (tertiary/aromatic N) is 4. The van der Waals surface area contributed by atoms with Gasteiger partial charge < -0.3 is 14.7 Å². The number of rotatable bonds is 4. The molecule has 8 heteroatoms. The third-order valence-electron chi connectivity index (χ3n) is 3.21. The fourth-order valence-corrected chi connectivity index (χ4v) is 2.77. The molecule has 112 valence electrons. The molecule has 0 spiro atoms. The van der Waals surface area contributed by atoms with E-state index in [9.17, 15) is 10.1 Å². The highest BCUT2D eigenvalue weighted by Gasteiger charge is 2.12. The summed E-state index contributed by atoms with van der Waals surface area (Å²) >= 11 is 7.87. The zero-order valence-electron chi connectivity index (χ0n) is 11.6. The Morgan fingerprint density at radius 1 is 1.41 bits per heavy atom. The maximum Gasteiger partial charge on any atom is 0.381 e. The molecular weight excluding hydrogens is 324 g/mol. The zero-order valence-corrected chi connectivity index (χ0v) is 13.1. The molecule has 3 aromatic rings.